The molecule has 2 N–H and O–H groups in total. The van der Waals surface area contributed by atoms with Gasteiger partial charge < -0.3 is 15.2 Å². The molecule has 0 radical (unpaired) electrons. The molecule has 0 saturated heterocycles. The first kappa shape index (κ1) is 14.8. The van der Waals surface area contributed by atoms with Gasteiger partial charge in [-0.1, -0.05) is 37.3 Å². The number of nitrogens with zero attached hydrogens (tertiary/aromatic N) is 2. The number of hydrogen-bond acceptors (Lipinski definition) is 5. The highest BCUT2D eigenvalue weighted by Gasteiger charge is 2.12. The predicted molar refractivity (Wildman–Crippen MR) is 88.9 cm³/mol. The number of benzene rings is 2. The van der Waals surface area contributed by atoms with Crippen molar-refractivity contribution in [3.63, 3.8) is 0 Å². The van der Waals surface area contributed by atoms with E-state index in [9.17, 15) is 0 Å². The summed E-state index contributed by atoms with van der Waals surface area (Å²) in [5.74, 6) is 1.86. The van der Waals surface area contributed by atoms with E-state index in [1.54, 1.807) is 0 Å². The predicted octanol–water partition coefficient (Wildman–Crippen LogP) is 4.21. The Bertz CT molecular complexity index is 774. The lowest BCUT2D eigenvalue weighted by Crippen LogP contribution is -2.00. The number of aryl methyl sites for hydroxylation is 1. The fourth-order valence-electron chi connectivity index (χ4n) is 2.03. The first-order valence-electron chi connectivity index (χ1n) is 7.36. The van der Waals surface area contributed by atoms with E-state index in [0.717, 1.165) is 6.42 Å². The summed E-state index contributed by atoms with van der Waals surface area (Å²) in [5, 5.41) is 0. The van der Waals surface area contributed by atoms with Crippen molar-refractivity contribution in [3.8, 4) is 23.3 Å². The van der Waals surface area contributed by atoms with Gasteiger partial charge in [-0.2, -0.15) is 9.97 Å². The van der Waals surface area contributed by atoms with Gasteiger partial charge in [0.05, 0.1) is 0 Å². The fraction of sp³-hybridized carbons (Fsp3) is 0.111. The van der Waals surface area contributed by atoms with Crippen molar-refractivity contribution in [2.75, 3.05) is 5.73 Å². The maximum absolute atomic E-state index is 6.06. The van der Waals surface area contributed by atoms with Crippen molar-refractivity contribution in [2.45, 2.75) is 13.3 Å². The monoisotopic (exact) mass is 307 g/mol. The summed E-state index contributed by atoms with van der Waals surface area (Å²) in [5.41, 5.74) is 7.56. The Hall–Kier alpha value is -3.08. The van der Waals surface area contributed by atoms with E-state index >= 15 is 0 Å². The second-order valence-corrected chi connectivity index (χ2v) is 4.91. The maximum Gasteiger partial charge on any atom is 0.249 e. The molecular formula is C18H17N3O2. The standard InChI is InChI=1S/C18H17N3O2/c1-2-13-8-10-15(11-9-13)23-18-16(19)17(20-12-21-18)22-14-6-4-3-5-7-14/h3-12H,2,19H2,1H3. The molecule has 23 heavy (non-hydrogen) atoms. The van der Waals surface area contributed by atoms with Gasteiger partial charge in [0.2, 0.25) is 11.8 Å². The number of anilines is 1. The van der Waals surface area contributed by atoms with Crippen LogP contribution in [-0.2, 0) is 6.42 Å². The number of ether oxygens (including phenoxy) is 2. The van der Waals surface area contributed by atoms with Crippen LogP contribution in [0.25, 0.3) is 0 Å². The van der Waals surface area contributed by atoms with E-state index in [2.05, 4.69) is 16.9 Å². The van der Waals surface area contributed by atoms with Crippen LogP contribution in [0.3, 0.4) is 0 Å². The number of aromatic nitrogens is 2. The largest absolute Gasteiger partial charge is 0.437 e. The second kappa shape index (κ2) is 6.79. The third-order valence-electron chi connectivity index (χ3n) is 3.31. The third-order valence-corrected chi connectivity index (χ3v) is 3.31. The Morgan fingerprint density at radius 1 is 0.826 bits per heavy atom. The van der Waals surface area contributed by atoms with Crippen LogP contribution in [0.15, 0.2) is 60.9 Å². The summed E-state index contributed by atoms with van der Waals surface area (Å²) < 4.78 is 11.4. The van der Waals surface area contributed by atoms with E-state index in [0.29, 0.717) is 11.5 Å². The highest BCUT2D eigenvalue weighted by Crippen LogP contribution is 2.33. The van der Waals surface area contributed by atoms with Gasteiger partial charge >= 0.3 is 0 Å². The highest BCUT2D eigenvalue weighted by molar-refractivity contribution is 5.57. The molecule has 5 heteroatoms. The highest BCUT2D eigenvalue weighted by atomic mass is 16.5. The van der Waals surface area contributed by atoms with E-state index in [4.69, 9.17) is 15.2 Å². The average molecular weight is 307 g/mol. The van der Waals surface area contributed by atoms with Gasteiger partial charge in [-0.15, -0.1) is 0 Å². The van der Waals surface area contributed by atoms with Gasteiger partial charge in [0.25, 0.3) is 0 Å². The SMILES string of the molecule is CCc1ccc(Oc2ncnc(Oc3ccccc3)c2N)cc1. The normalized spacial score (nSPS) is 10.3. The third kappa shape index (κ3) is 3.58. The Kier molecular flexibility index (Phi) is 4.38. The van der Waals surface area contributed by atoms with Crippen LogP contribution < -0.4 is 15.2 Å². The quantitative estimate of drug-likeness (QED) is 0.764. The Labute approximate surface area is 134 Å². The summed E-state index contributed by atoms with van der Waals surface area (Å²) in [7, 11) is 0. The first-order valence-corrected chi connectivity index (χ1v) is 7.36. The molecule has 0 aliphatic heterocycles. The van der Waals surface area contributed by atoms with Crippen LogP contribution in [-0.4, -0.2) is 9.97 Å². The van der Waals surface area contributed by atoms with Gasteiger partial charge in [0.15, 0.2) is 5.69 Å². The lowest BCUT2D eigenvalue weighted by Gasteiger charge is -2.11. The molecule has 0 spiro atoms. The zero-order chi connectivity index (χ0) is 16.1. The minimum Gasteiger partial charge on any atom is -0.437 e. The summed E-state index contributed by atoms with van der Waals surface area (Å²) in [6.45, 7) is 2.10. The number of rotatable bonds is 5. The molecule has 2 aromatic carbocycles. The van der Waals surface area contributed by atoms with Crippen molar-refractivity contribution in [3.05, 3.63) is 66.5 Å². The lowest BCUT2D eigenvalue weighted by atomic mass is 10.2. The van der Waals surface area contributed by atoms with Crippen molar-refractivity contribution in [1.29, 1.82) is 0 Å². The topological polar surface area (TPSA) is 70.3 Å². The summed E-state index contributed by atoms with van der Waals surface area (Å²) in [4.78, 5) is 8.14. The van der Waals surface area contributed by atoms with Gasteiger partial charge in [0.1, 0.15) is 17.8 Å². The van der Waals surface area contributed by atoms with Gasteiger partial charge in [-0.05, 0) is 36.2 Å². The Balaban J connectivity index is 1.81. The number of nitrogen functional groups attached to an aromatic ring is 1. The van der Waals surface area contributed by atoms with E-state index < -0.39 is 0 Å². The number of para-hydroxylation sites is 1. The van der Waals surface area contributed by atoms with Crippen LogP contribution in [0.2, 0.25) is 0 Å². The maximum atomic E-state index is 6.06. The Morgan fingerprint density at radius 3 is 1.96 bits per heavy atom. The van der Waals surface area contributed by atoms with Crippen molar-refractivity contribution in [1.82, 2.24) is 9.97 Å². The Morgan fingerprint density at radius 2 is 1.39 bits per heavy atom. The molecule has 1 aromatic heterocycles. The zero-order valence-corrected chi connectivity index (χ0v) is 12.8. The summed E-state index contributed by atoms with van der Waals surface area (Å²) >= 11 is 0. The smallest absolute Gasteiger partial charge is 0.249 e. The molecule has 3 aromatic rings. The molecular weight excluding hydrogens is 290 g/mol. The van der Waals surface area contributed by atoms with Gasteiger partial charge in [0, 0.05) is 0 Å². The molecule has 0 fully saturated rings. The second-order valence-electron chi connectivity index (χ2n) is 4.91. The molecule has 0 amide bonds. The van der Waals surface area contributed by atoms with Crippen LogP contribution in [0, 0.1) is 0 Å². The van der Waals surface area contributed by atoms with Crippen LogP contribution in [0.5, 0.6) is 23.3 Å². The molecule has 0 aliphatic rings. The van der Waals surface area contributed by atoms with Crippen LogP contribution >= 0.6 is 0 Å². The van der Waals surface area contributed by atoms with Crippen molar-refractivity contribution in [2.24, 2.45) is 0 Å². The average Bonchev–Trinajstić information content (AvgIpc) is 2.60. The summed E-state index contributed by atoms with van der Waals surface area (Å²) in [6, 6.07) is 17.1. The van der Waals surface area contributed by atoms with Crippen molar-refractivity contribution < 1.29 is 9.47 Å². The van der Waals surface area contributed by atoms with Crippen molar-refractivity contribution >= 4 is 5.69 Å². The molecule has 0 bridgehead atoms. The van der Waals surface area contributed by atoms with Crippen LogP contribution in [0.4, 0.5) is 5.69 Å². The van der Waals surface area contributed by atoms with Crippen LogP contribution in [0.1, 0.15) is 12.5 Å². The summed E-state index contributed by atoms with van der Waals surface area (Å²) in [6.07, 6.45) is 2.34. The molecule has 0 aliphatic carbocycles. The zero-order valence-electron chi connectivity index (χ0n) is 12.8. The molecule has 5 nitrogen and oxygen atoms in total. The van der Waals surface area contributed by atoms with Gasteiger partial charge in [-0.25, -0.2) is 0 Å². The minimum absolute atomic E-state index is 0.260. The van der Waals surface area contributed by atoms with E-state index in [-0.39, 0.29) is 17.4 Å². The molecule has 3 rings (SSSR count). The minimum atomic E-state index is 0.260. The van der Waals surface area contributed by atoms with E-state index in [1.165, 1.54) is 11.9 Å². The number of nitrogens with two attached hydrogens (primary N) is 1. The molecule has 0 saturated carbocycles. The molecule has 0 atom stereocenters. The first-order chi connectivity index (χ1) is 11.3. The van der Waals surface area contributed by atoms with Gasteiger partial charge in [-0.3, -0.25) is 0 Å². The molecule has 1 heterocycles. The molecule has 0 unspecified atom stereocenters. The van der Waals surface area contributed by atoms with E-state index in [1.807, 2.05) is 54.6 Å². The fourth-order valence-corrected chi connectivity index (χ4v) is 2.03. The number of hydrogen-bond donors (Lipinski definition) is 1. The molecule has 116 valence electrons. The lowest BCUT2D eigenvalue weighted by molar-refractivity contribution is 0.438.